The van der Waals surface area contributed by atoms with E-state index in [-0.39, 0.29) is 6.03 Å². The lowest BCUT2D eigenvalue weighted by molar-refractivity contribution is -0.142. The summed E-state index contributed by atoms with van der Waals surface area (Å²) in [6.45, 7) is 6.86. The van der Waals surface area contributed by atoms with Crippen LogP contribution >= 0.6 is 0 Å². The van der Waals surface area contributed by atoms with Gasteiger partial charge in [0.25, 0.3) is 0 Å². The first-order valence-electron chi connectivity index (χ1n) is 7.70. The number of carboxylic acids is 1. The molecule has 2 rings (SSSR count). The minimum absolute atomic E-state index is 0.252. The molecule has 2 fully saturated rings. The number of fused-ring (bicyclic) bond motifs is 2. The van der Waals surface area contributed by atoms with Crippen molar-refractivity contribution in [2.24, 2.45) is 5.41 Å². The summed E-state index contributed by atoms with van der Waals surface area (Å²) < 4.78 is 0. The van der Waals surface area contributed by atoms with E-state index in [0.29, 0.717) is 25.2 Å². The summed E-state index contributed by atoms with van der Waals surface area (Å²) in [4.78, 5) is 27.9. The number of carbonyl (C=O) groups is 2. The SMILES string of the molecule is CN1C2CCC1CN(C(=O)NC(C(=O)O)C(C)(C)C)CC2. The summed E-state index contributed by atoms with van der Waals surface area (Å²) in [5, 5.41) is 12.0. The number of urea groups is 1. The lowest BCUT2D eigenvalue weighted by Gasteiger charge is -2.32. The molecule has 2 amide bonds. The minimum atomic E-state index is -0.982. The smallest absolute Gasteiger partial charge is 0.326 e. The Morgan fingerprint density at radius 3 is 2.38 bits per heavy atom. The van der Waals surface area contributed by atoms with Crippen LogP contribution in [0.4, 0.5) is 4.79 Å². The van der Waals surface area contributed by atoms with E-state index in [2.05, 4.69) is 17.3 Å². The summed E-state index contributed by atoms with van der Waals surface area (Å²) >= 11 is 0. The van der Waals surface area contributed by atoms with E-state index in [4.69, 9.17) is 0 Å². The van der Waals surface area contributed by atoms with Gasteiger partial charge in [0.05, 0.1) is 0 Å². The van der Waals surface area contributed by atoms with Crippen LogP contribution in [0.15, 0.2) is 0 Å². The average Bonchev–Trinajstić information content (AvgIpc) is 2.58. The molecule has 6 heteroatoms. The molecule has 120 valence electrons. The Hall–Kier alpha value is -1.30. The maximum atomic E-state index is 12.4. The number of nitrogens with zero attached hydrogens (tertiary/aromatic N) is 2. The van der Waals surface area contributed by atoms with Crippen LogP contribution in [0.5, 0.6) is 0 Å². The Labute approximate surface area is 126 Å². The third kappa shape index (κ3) is 3.48. The molecule has 0 spiro atoms. The number of carbonyl (C=O) groups excluding carboxylic acids is 1. The highest BCUT2D eigenvalue weighted by Crippen LogP contribution is 2.28. The summed E-state index contributed by atoms with van der Waals surface area (Å²) in [6, 6.07) is -0.159. The quantitative estimate of drug-likeness (QED) is 0.807. The maximum Gasteiger partial charge on any atom is 0.326 e. The molecule has 2 heterocycles. The predicted octanol–water partition coefficient (Wildman–Crippen LogP) is 1.36. The van der Waals surface area contributed by atoms with Crippen molar-refractivity contribution in [1.82, 2.24) is 15.1 Å². The van der Waals surface area contributed by atoms with Crippen molar-refractivity contribution in [3.8, 4) is 0 Å². The fraction of sp³-hybridized carbons (Fsp3) is 0.867. The topological polar surface area (TPSA) is 72.9 Å². The van der Waals surface area contributed by atoms with Gasteiger partial charge in [-0.15, -0.1) is 0 Å². The van der Waals surface area contributed by atoms with Crippen molar-refractivity contribution in [1.29, 1.82) is 0 Å². The molecular weight excluding hydrogens is 270 g/mol. The molecule has 2 aliphatic rings. The van der Waals surface area contributed by atoms with E-state index < -0.39 is 17.4 Å². The average molecular weight is 297 g/mol. The van der Waals surface area contributed by atoms with Gasteiger partial charge in [0.1, 0.15) is 6.04 Å². The first-order chi connectivity index (χ1) is 9.70. The van der Waals surface area contributed by atoms with Gasteiger partial charge >= 0.3 is 12.0 Å². The number of aliphatic carboxylic acids is 1. The van der Waals surface area contributed by atoms with Crippen molar-refractivity contribution >= 4 is 12.0 Å². The zero-order valence-corrected chi connectivity index (χ0v) is 13.4. The highest BCUT2D eigenvalue weighted by Gasteiger charge is 2.38. The van der Waals surface area contributed by atoms with Crippen LogP contribution in [-0.2, 0) is 4.79 Å². The van der Waals surface area contributed by atoms with Crippen molar-refractivity contribution in [2.45, 2.75) is 58.2 Å². The van der Waals surface area contributed by atoms with Crippen LogP contribution in [-0.4, -0.2) is 65.2 Å². The third-order valence-corrected chi connectivity index (χ3v) is 4.82. The molecular formula is C15H27N3O3. The second kappa shape index (κ2) is 5.83. The lowest BCUT2D eigenvalue weighted by atomic mass is 9.87. The third-order valence-electron chi connectivity index (χ3n) is 4.82. The molecule has 0 aliphatic carbocycles. The van der Waals surface area contributed by atoms with Crippen LogP contribution in [0, 0.1) is 5.41 Å². The summed E-state index contributed by atoms with van der Waals surface area (Å²) in [5.41, 5.74) is -0.511. The second-order valence-electron chi connectivity index (χ2n) is 7.37. The number of hydrogen-bond acceptors (Lipinski definition) is 3. The Kier molecular flexibility index (Phi) is 4.46. The van der Waals surface area contributed by atoms with E-state index >= 15 is 0 Å². The molecule has 21 heavy (non-hydrogen) atoms. The summed E-state index contributed by atoms with van der Waals surface area (Å²) in [6.07, 6.45) is 3.29. The molecule has 6 nitrogen and oxygen atoms in total. The number of rotatable bonds is 2. The summed E-state index contributed by atoms with van der Waals surface area (Å²) in [7, 11) is 2.12. The van der Waals surface area contributed by atoms with E-state index in [1.165, 1.54) is 6.42 Å². The van der Waals surface area contributed by atoms with Crippen molar-refractivity contribution in [3.05, 3.63) is 0 Å². The van der Waals surface area contributed by atoms with Gasteiger partial charge in [-0.25, -0.2) is 9.59 Å². The molecule has 0 aromatic carbocycles. The number of hydrogen-bond donors (Lipinski definition) is 2. The van der Waals surface area contributed by atoms with Crippen LogP contribution in [0.25, 0.3) is 0 Å². The van der Waals surface area contributed by atoms with Crippen molar-refractivity contribution in [3.63, 3.8) is 0 Å². The molecule has 0 aromatic rings. The molecule has 2 N–H and O–H groups in total. The zero-order valence-electron chi connectivity index (χ0n) is 13.4. The van der Waals surface area contributed by atoms with Crippen LogP contribution in [0.2, 0.25) is 0 Å². The van der Waals surface area contributed by atoms with Crippen LogP contribution in [0.1, 0.15) is 40.0 Å². The highest BCUT2D eigenvalue weighted by molar-refractivity contribution is 5.83. The zero-order chi connectivity index (χ0) is 15.8. The van der Waals surface area contributed by atoms with Gasteiger partial charge in [-0.3, -0.25) is 4.90 Å². The van der Waals surface area contributed by atoms with Gasteiger partial charge < -0.3 is 15.3 Å². The molecule has 0 radical (unpaired) electrons. The number of amides is 2. The van der Waals surface area contributed by atoms with Crippen LogP contribution in [0.3, 0.4) is 0 Å². The maximum absolute atomic E-state index is 12.4. The largest absolute Gasteiger partial charge is 0.480 e. The van der Waals surface area contributed by atoms with Gasteiger partial charge in [-0.2, -0.15) is 0 Å². The fourth-order valence-corrected chi connectivity index (χ4v) is 3.36. The van der Waals surface area contributed by atoms with E-state index in [9.17, 15) is 14.7 Å². The molecule has 2 aliphatic heterocycles. The van der Waals surface area contributed by atoms with E-state index in [0.717, 1.165) is 12.8 Å². The van der Waals surface area contributed by atoms with Gasteiger partial charge in [0.2, 0.25) is 0 Å². The number of likely N-dealkylation sites (tertiary alicyclic amines) is 1. The van der Waals surface area contributed by atoms with E-state index in [1.54, 1.807) is 4.90 Å². The molecule has 2 saturated heterocycles. The fourth-order valence-electron chi connectivity index (χ4n) is 3.36. The Morgan fingerprint density at radius 2 is 1.81 bits per heavy atom. The molecule has 0 saturated carbocycles. The number of likely N-dealkylation sites (N-methyl/N-ethyl adjacent to an activating group) is 1. The van der Waals surface area contributed by atoms with Gasteiger partial charge in [-0.05, 0) is 31.7 Å². The standard InChI is InChI=1S/C15H27N3O3/c1-15(2,3)12(13(19)20)16-14(21)18-8-7-10-5-6-11(9-18)17(10)4/h10-12H,5-9H2,1-4H3,(H,16,21)(H,19,20). The molecule has 0 aromatic heterocycles. The molecule has 3 atom stereocenters. The van der Waals surface area contributed by atoms with Crippen molar-refractivity contribution in [2.75, 3.05) is 20.1 Å². The van der Waals surface area contributed by atoms with Gasteiger partial charge in [0, 0.05) is 25.2 Å². The first kappa shape index (κ1) is 16.1. The predicted molar refractivity (Wildman–Crippen MR) is 80.2 cm³/mol. The Morgan fingerprint density at radius 1 is 1.19 bits per heavy atom. The number of nitrogens with one attached hydrogen (secondary N) is 1. The normalized spacial score (nSPS) is 28.1. The van der Waals surface area contributed by atoms with E-state index in [1.807, 2.05) is 20.8 Å². The summed E-state index contributed by atoms with van der Waals surface area (Å²) in [5.74, 6) is -0.982. The highest BCUT2D eigenvalue weighted by atomic mass is 16.4. The first-order valence-corrected chi connectivity index (χ1v) is 7.70. The van der Waals surface area contributed by atoms with Gasteiger partial charge in [-0.1, -0.05) is 20.8 Å². The minimum Gasteiger partial charge on any atom is -0.480 e. The van der Waals surface area contributed by atoms with Gasteiger partial charge in [0.15, 0.2) is 0 Å². The lowest BCUT2D eigenvalue weighted by Crippen LogP contribution is -2.54. The Balaban J connectivity index is 2.01. The Bertz CT molecular complexity index is 419. The van der Waals surface area contributed by atoms with Crippen LogP contribution < -0.4 is 5.32 Å². The second-order valence-corrected chi connectivity index (χ2v) is 7.37. The number of carboxylic acid groups (broad SMARTS) is 1. The monoisotopic (exact) mass is 297 g/mol. The molecule has 3 unspecified atom stereocenters. The molecule has 2 bridgehead atoms. The van der Waals surface area contributed by atoms with Crippen molar-refractivity contribution < 1.29 is 14.7 Å².